The molecule has 5 nitrogen and oxygen atoms in total. The van der Waals surface area contributed by atoms with Crippen LogP contribution in [-0.2, 0) is 6.42 Å². The molecule has 27 heavy (non-hydrogen) atoms. The van der Waals surface area contributed by atoms with Gasteiger partial charge in [0.05, 0.1) is 21.6 Å². The van der Waals surface area contributed by atoms with E-state index in [2.05, 4.69) is 15.3 Å². The van der Waals surface area contributed by atoms with Gasteiger partial charge in [-0.2, -0.15) is 0 Å². The Kier molecular flexibility index (Phi) is 7.43. The van der Waals surface area contributed by atoms with Crippen LogP contribution in [0.1, 0.15) is 39.0 Å². The second-order valence-corrected chi connectivity index (χ2v) is 7.81. The second kappa shape index (κ2) is 9.36. The number of nitrogens with zero attached hydrogens (tertiary/aromatic N) is 2. The number of carbonyl (C=O) groups excluding carboxylic acids is 1. The predicted molar refractivity (Wildman–Crippen MR) is 110 cm³/mol. The zero-order chi connectivity index (χ0) is 18.7. The van der Waals surface area contributed by atoms with Crippen LogP contribution in [0.15, 0.2) is 29.6 Å². The molecule has 1 atom stereocenters. The van der Waals surface area contributed by atoms with Gasteiger partial charge in [-0.15, -0.1) is 35.1 Å². The van der Waals surface area contributed by atoms with Crippen LogP contribution in [0.2, 0.25) is 0 Å². The number of halogens is 2. The SMILES string of the molecule is Cc1nc(-c2ccc(F)cc2)sc1C(C)NC(=O)c1csc(CCN)n1.Cl. The molecular weight excluding hydrogens is 407 g/mol. The molecule has 2 aromatic heterocycles. The first-order chi connectivity index (χ1) is 12.5. The van der Waals surface area contributed by atoms with Gasteiger partial charge in [0.25, 0.3) is 5.91 Å². The molecule has 0 radical (unpaired) electrons. The quantitative estimate of drug-likeness (QED) is 0.621. The van der Waals surface area contributed by atoms with Crippen molar-refractivity contribution in [2.45, 2.75) is 26.3 Å². The number of hydrogen-bond donors (Lipinski definition) is 2. The molecule has 3 aromatic rings. The van der Waals surface area contributed by atoms with E-state index in [0.29, 0.717) is 18.7 Å². The van der Waals surface area contributed by atoms with Crippen molar-refractivity contribution in [1.29, 1.82) is 0 Å². The minimum Gasteiger partial charge on any atom is -0.343 e. The number of amides is 1. The molecule has 0 saturated heterocycles. The number of thiazole rings is 2. The van der Waals surface area contributed by atoms with Gasteiger partial charge in [0.15, 0.2) is 0 Å². The summed E-state index contributed by atoms with van der Waals surface area (Å²) in [6.45, 7) is 4.33. The first-order valence-electron chi connectivity index (χ1n) is 8.16. The number of nitrogens with one attached hydrogen (secondary N) is 1. The standard InChI is InChI=1S/C18H19FN4OS2.ClH/c1-10(21-17(24)14-9-25-15(23-14)7-8-20)16-11(2)22-18(26-16)12-3-5-13(19)6-4-12;/h3-6,9-10H,7-8,20H2,1-2H3,(H,21,24);1H. The highest BCUT2D eigenvalue weighted by Crippen LogP contribution is 2.32. The van der Waals surface area contributed by atoms with E-state index in [0.717, 1.165) is 26.1 Å². The van der Waals surface area contributed by atoms with Crippen molar-refractivity contribution >= 4 is 41.0 Å². The maximum absolute atomic E-state index is 13.1. The highest BCUT2D eigenvalue weighted by molar-refractivity contribution is 7.15. The molecule has 0 saturated carbocycles. The van der Waals surface area contributed by atoms with Crippen LogP contribution in [0.25, 0.3) is 10.6 Å². The largest absolute Gasteiger partial charge is 0.343 e. The second-order valence-electron chi connectivity index (χ2n) is 5.84. The summed E-state index contributed by atoms with van der Waals surface area (Å²) < 4.78 is 13.1. The maximum Gasteiger partial charge on any atom is 0.271 e. The summed E-state index contributed by atoms with van der Waals surface area (Å²) in [4.78, 5) is 22.2. The Morgan fingerprint density at radius 3 is 2.67 bits per heavy atom. The molecule has 0 bridgehead atoms. The van der Waals surface area contributed by atoms with Crippen molar-refractivity contribution in [1.82, 2.24) is 15.3 Å². The average Bonchev–Trinajstić information content (AvgIpc) is 3.23. The summed E-state index contributed by atoms with van der Waals surface area (Å²) in [6.07, 6.45) is 0.669. The Morgan fingerprint density at radius 1 is 1.30 bits per heavy atom. The van der Waals surface area contributed by atoms with Crippen molar-refractivity contribution in [3.8, 4) is 10.6 Å². The third-order valence-corrected chi connectivity index (χ3v) is 6.10. The molecule has 0 aliphatic rings. The Hall–Kier alpha value is -1.87. The van der Waals surface area contributed by atoms with Gasteiger partial charge in [-0.05, 0) is 44.7 Å². The maximum atomic E-state index is 13.1. The van der Waals surface area contributed by atoms with Gasteiger partial charge in [-0.3, -0.25) is 4.79 Å². The molecule has 9 heteroatoms. The number of benzene rings is 1. The molecule has 1 unspecified atom stereocenters. The number of hydrogen-bond acceptors (Lipinski definition) is 6. The molecule has 0 spiro atoms. The van der Waals surface area contributed by atoms with E-state index in [1.807, 2.05) is 13.8 Å². The summed E-state index contributed by atoms with van der Waals surface area (Å²) in [7, 11) is 0. The summed E-state index contributed by atoms with van der Waals surface area (Å²) in [5.74, 6) is -0.492. The van der Waals surface area contributed by atoms with Crippen LogP contribution < -0.4 is 11.1 Å². The molecule has 1 aromatic carbocycles. The lowest BCUT2D eigenvalue weighted by molar-refractivity contribution is 0.0936. The van der Waals surface area contributed by atoms with Gasteiger partial charge in [-0.25, -0.2) is 14.4 Å². The molecule has 1 amide bonds. The van der Waals surface area contributed by atoms with Gasteiger partial charge < -0.3 is 11.1 Å². The first kappa shape index (κ1) is 21.4. The van der Waals surface area contributed by atoms with Crippen molar-refractivity contribution in [2.24, 2.45) is 5.73 Å². The third-order valence-electron chi connectivity index (χ3n) is 3.81. The van der Waals surface area contributed by atoms with E-state index in [1.165, 1.54) is 34.8 Å². The van der Waals surface area contributed by atoms with Crippen molar-refractivity contribution in [3.63, 3.8) is 0 Å². The summed E-state index contributed by atoms with van der Waals surface area (Å²) in [5, 5.41) is 6.38. The Labute approximate surface area is 171 Å². The van der Waals surface area contributed by atoms with Gasteiger partial charge in [0, 0.05) is 17.4 Å². The highest BCUT2D eigenvalue weighted by atomic mass is 35.5. The fourth-order valence-corrected chi connectivity index (χ4v) is 4.38. The summed E-state index contributed by atoms with van der Waals surface area (Å²) >= 11 is 2.93. The Morgan fingerprint density at radius 2 is 2.00 bits per heavy atom. The van der Waals surface area contributed by atoms with Gasteiger partial charge in [0.2, 0.25) is 0 Å². The van der Waals surface area contributed by atoms with Crippen LogP contribution in [0.4, 0.5) is 4.39 Å². The monoisotopic (exact) mass is 426 g/mol. The number of aryl methyl sites for hydroxylation is 1. The smallest absolute Gasteiger partial charge is 0.271 e. The summed E-state index contributed by atoms with van der Waals surface area (Å²) in [6, 6.07) is 6.04. The van der Waals surface area contributed by atoms with E-state index < -0.39 is 0 Å². The van der Waals surface area contributed by atoms with Crippen molar-refractivity contribution in [3.05, 3.63) is 56.7 Å². The van der Waals surface area contributed by atoms with Crippen LogP contribution in [0.3, 0.4) is 0 Å². The lowest BCUT2D eigenvalue weighted by Crippen LogP contribution is -2.26. The van der Waals surface area contributed by atoms with E-state index in [9.17, 15) is 9.18 Å². The van der Waals surface area contributed by atoms with Gasteiger partial charge >= 0.3 is 0 Å². The summed E-state index contributed by atoms with van der Waals surface area (Å²) in [5.41, 5.74) is 7.63. The van der Waals surface area contributed by atoms with E-state index in [1.54, 1.807) is 17.5 Å². The van der Waals surface area contributed by atoms with Gasteiger partial charge in [-0.1, -0.05) is 0 Å². The van der Waals surface area contributed by atoms with E-state index in [4.69, 9.17) is 5.73 Å². The van der Waals surface area contributed by atoms with Crippen LogP contribution in [0.5, 0.6) is 0 Å². The zero-order valence-corrected chi connectivity index (χ0v) is 17.3. The van der Waals surface area contributed by atoms with Crippen molar-refractivity contribution in [2.75, 3.05) is 6.54 Å². The predicted octanol–water partition coefficient (Wildman–Crippen LogP) is 4.13. The first-order valence-corrected chi connectivity index (χ1v) is 9.86. The third kappa shape index (κ3) is 5.10. The number of rotatable bonds is 6. The number of carbonyl (C=O) groups is 1. The molecule has 2 heterocycles. The Balaban J connectivity index is 0.00000261. The molecule has 3 N–H and O–H groups in total. The Bertz CT molecular complexity index is 910. The van der Waals surface area contributed by atoms with E-state index >= 15 is 0 Å². The molecule has 0 aliphatic carbocycles. The number of nitrogens with two attached hydrogens (primary N) is 1. The lowest BCUT2D eigenvalue weighted by Gasteiger charge is -2.11. The number of aromatic nitrogens is 2. The van der Waals surface area contributed by atoms with E-state index in [-0.39, 0.29) is 30.2 Å². The van der Waals surface area contributed by atoms with Crippen LogP contribution in [-0.4, -0.2) is 22.4 Å². The fraction of sp³-hybridized carbons (Fsp3) is 0.278. The molecule has 0 aliphatic heterocycles. The highest BCUT2D eigenvalue weighted by Gasteiger charge is 2.19. The minimum atomic E-state index is -0.278. The van der Waals surface area contributed by atoms with Gasteiger partial charge in [0.1, 0.15) is 16.5 Å². The topological polar surface area (TPSA) is 80.9 Å². The average molecular weight is 427 g/mol. The molecule has 144 valence electrons. The molecule has 0 fully saturated rings. The zero-order valence-electron chi connectivity index (χ0n) is 14.9. The van der Waals surface area contributed by atoms with Crippen LogP contribution in [0, 0.1) is 12.7 Å². The fourth-order valence-electron chi connectivity index (χ4n) is 2.52. The molecule has 3 rings (SSSR count). The van der Waals surface area contributed by atoms with Crippen molar-refractivity contribution < 1.29 is 9.18 Å². The molecular formula is C18H20ClFN4OS2. The normalized spacial score (nSPS) is 11.7. The minimum absolute atomic E-state index is 0. The van der Waals surface area contributed by atoms with Crippen LogP contribution >= 0.6 is 35.1 Å². The lowest BCUT2D eigenvalue weighted by atomic mass is 10.2.